The molecule has 5 rings (SSSR count). The monoisotopic (exact) mass is 594 g/mol. The fourth-order valence-electron chi connectivity index (χ4n) is 5.41. The lowest BCUT2D eigenvalue weighted by molar-refractivity contribution is -0.141. The highest BCUT2D eigenvalue weighted by molar-refractivity contribution is 5.99. The molecule has 0 bridgehead atoms. The maximum Gasteiger partial charge on any atom is 0.433 e. The molecule has 0 aliphatic carbocycles. The first-order valence-electron chi connectivity index (χ1n) is 12.7. The molecular weight excluding hydrogens is 570 g/mol. The van der Waals surface area contributed by atoms with Crippen LogP contribution in [0.3, 0.4) is 0 Å². The minimum Gasteiger partial charge on any atom is -0.506 e. The number of nitrogens with two attached hydrogens (primary N) is 1. The van der Waals surface area contributed by atoms with E-state index in [0.29, 0.717) is 23.0 Å². The summed E-state index contributed by atoms with van der Waals surface area (Å²) >= 11 is 0. The van der Waals surface area contributed by atoms with E-state index in [0.717, 1.165) is 18.3 Å². The van der Waals surface area contributed by atoms with Crippen LogP contribution in [-0.2, 0) is 30.2 Å². The molecule has 2 aromatic heterocycles. The van der Waals surface area contributed by atoms with Crippen LogP contribution in [0.2, 0.25) is 0 Å². The molecule has 1 atom stereocenters. The van der Waals surface area contributed by atoms with Crippen LogP contribution in [0.4, 0.5) is 32.0 Å². The second kappa shape index (κ2) is 10.4. The summed E-state index contributed by atoms with van der Waals surface area (Å²) in [6, 6.07) is 3.36. The predicted octanol–water partition coefficient (Wildman–Crippen LogP) is 3.99. The van der Waals surface area contributed by atoms with Gasteiger partial charge in [0.05, 0.1) is 29.4 Å². The smallest absolute Gasteiger partial charge is 0.433 e. The van der Waals surface area contributed by atoms with Crippen molar-refractivity contribution in [1.29, 1.82) is 0 Å². The van der Waals surface area contributed by atoms with Gasteiger partial charge in [0.2, 0.25) is 5.91 Å². The maximum absolute atomic E-state index is 13.7. The molecule has 9 nitrogen and oxygen atoms in total. The molecule has 2 amide bonds. The summed E-state index contributed by atoms with van der Waals surface area (Å²) in [6.07, 6.45) is -8.13. The summed E-state index contributed by atoms with van der Waals surface area (Å²) < 4.78 is 79.4. The summed E-state index contributed by atoms with van der Waals surface area (Å²) in [5.74, 6) is -1.52. The van der Waals surface area contributed by atoms with E-state index < -0.39 is 53.8 Å². The summed E-state index contributed by atoms with van der Waals surface area (Å²) in [5.41, 5.74) is 5.57. The molecule has 0 saturated heterocycles. The Kier molecular flexibility index (Phi) is 7.15. The Morgan fingerprint density at radius 1 is 1.12 bits per heavy atom. The number of nitrogen functional groups attached to an aromatic ring is 1. The van der Waals surface area contributed by atoms with Gasteiger partial charge in [0, 0.05) is 49.9 Å². The second-order valence-electron chi connectivity index (χ2n) is 9.99. The zero-order valence-electron chi connectivity index (χ0n) is 21.8. The van der Waals surface area contributed by atoms with Gasteiger partial charge in [0.1, 0.15) is 17.1 Å². The molecule has 0 radical (unpaired) electrons. The third-order valence-corrected chi connectivity index (χ3v) is 7.29. The third kappa shape index (κ3) is 5.37. The zero-order chi connectivity index (χ0) is 30.6. The summed E-state index contributed by atoms with van der Waals surface area (Å²) in [7, 11) is 0. The van der Waals surface area contributed by atoms with Gasteiger partial charge >= 0.3 is 12.4 Å². The van der Waals surface area contributed by atoms with Crippen molar-refractivity contribution in [3.63, 3.8) is 0 Å². The molecule has 3 aromatic rings. The number of pyridine rings is 1. The number of hydrogen-bond donors (Lipinski definition) is 2. The maximum atomic E-state index is 13.7. The van der Waals surface area contributed by atoms with Crippen molar-refractivity contribution in [2.75, 3.05) is 25.4 Å². The van der Waals surface area contributed by atoms with E-state index in [1.165, 1.54) is 26.6 Å². The molecule has 0 spiro atoms. The Morgan fingerprint density at radius 3 is 2.48 bits per heavy atom. The predicted molar refractivity (Wildman–Crippen MR) is 137 cm³/mol. The van der Waals surface area contributed by atoms with Gasteiger partial charge in [-0.05, 0) is 29.8 Å². The van der Waals surface area contributed by atoms with Crippen LogP contribution in [-0.4, -0.2) is 67.3 Å². The van der Waals surface area contributed by atoms with E-state index in [1.54, 1.807) is 0 Å². The molecule has 0 unspecified atom stereocenters. The summed E-state index contributed by atoms with van der Waals surface area (Å²) in [5, 5.41) is 15.3. The largest absolute Gasteiger partial charge is 0.506 e. The number of phenols is 1. The number of aromatic hydroxyl groups is 1. The molecule has 3 N–H and O–H groups in total. The van der Waals surface area contributed by atoms with Crippen molar-refractivity contribution in [3.05, 3.63) is 76.9 Å². The average Bonchev–Trinajstić information content (AvgIpc) is 3.15. The van der Waals surface area contributed by atoms with Crippen LogP contribution in [0.5, 0.6) is 5.75 Å². The van der Waals surface area contributed by atoms with Crippen LogP contribution < -0.4 is 5.73 Å². The third-order valence-electron chi connectivity index (χ3n) is 7.29. The van der Waals surface area contributed by atoms with Crippen LogP contribution in [0.1, 0.15) is 44.6 Å². The van der Waals surface area contributed by atoms with E-state index in [1.807, 2.05) is 0 Å². The lowest BCUT2D eigenvalue weighted by Gasteiger charge is -2.38. The average molecular weight is 595 g/mol. The van der Waals surface area contributed by atoms with Crippen LogP contribution in [0, 0.1) is 0 Å². The standard InChI is InChI=1S/C27H24F6N6O3/c1-2-23(41)37-7-5-17-24-19(39(36-17)18-4-3-14(9-21(18)40)11-26(28,29)30)6-8-38(20(24)13-37)25(42)15-12-35-22(10-16(15)34)27(31,32)33/h2-4,9-10,12,20,40H,1,5-8,11,13H2,(H2,34,35)/t20-/m0/s1. The van der Waals surface area contributed by atoms with Gasteiger partial charge in [-0.15, -0.1) is 0 Å². The van der Waals surface area contributed by atoms with E-state index in [9.17, 15) is 41.0 Å². The molecule has 0 fully saturated rings. The molecule has 2 aliphatic rings. The summed E-state index contributed by atoms with van der Waals surface area (Å²) in [4.78, 5) is 32.5. The van der Waals surface area contributed by atoms with Crippen molar-refractivity contribution >= 4 is 17.5 Å². The molecule has 15 heteroatoms. The lowest BCUT2D eigenvalue weighted by atomic mass is 9.94. The van der Waals surface area contributed by atoms with Gasteiger partial charge in [-0.25, -0.2) is 4.68 Å². The molecule has 222 valence electrons. The highest BCUT2D eigenvalue weighted by atomic mass is 19.4. The van der Waals surface area contributed by atoms with Gasteiger partial charge in [0.15, 0.2) is 0 Å². The first kappa shape index (κ1) is 29.0. The Morgan fingerprint density at radius 2 is 1.86 bits per heavy atom. The highest BCUT2D eigenvalue weighted by Crippen LogP contribution is 2.40. The summed E-state index contributed by atoms with van der Waals surface area (Å²) in [6.45, 7) is 3.75. The number of aromatic nitrogens is 3. The van der Waals surface area contributed by atoms with Gasteiger partial charge in [-0.3, -0.25) is 14.6 Å². The topological polar surface area (TPSA) is 118 Å². The zero-order valence-corrected chi connectivity index (χ0v) is 21.8. The molecule has 2 aliphatic heterocycles. The number of halogens is 6. The van der Waals surface area contributed by atoms with E-state index in [2.05, 4.69) is 16.7 Å². The highest BCUT2D eigenvalue weighted by Gasteiger charge is 2.41. The van der Waals surface area contributed by atoms with Gasteiger partial charge in [-0.1, -0.05) is 12.6 Å². The Balaban J connectivity index is 1.56. The Bertz CT molecular complexity index is 1580. The lowest BCUT2D eigenvalue weighted by Crippen LogP contribution is -2.46. The number of phenolic OH excluding ortho intramolecular Hbond substituents is 1. The van der Waals surface area contributed by atoms with Crippen LogP contribution in [0.25, 0.3) is 5.69 Å². The number of carbonyl (C=O) groups is 2. The van der Waals surface area contributed by atoms with Crippen molar-refractivity contribution in [2.24, 2.45) is 0 Å². The normalized spacial score (nSPS) is 17.0. The second-order valence-corrected chi connectivity index (χ2v) is 9.99. The SMILES string of the molecule is C=CC(=O)N1CCc2nn(-c3ccc(CC(F)(F)F)cc3O)c3c2[C@H](C1)N(C(=O)c1cnc(C(F)(F)F)cc1N)CC3. The number of carbonyl (C=O) groups excluding carboxylic acids is 2. The Hall–Kier alpha value is -4.56. The van der Waals surface area contributed by atoms with Crippen LogP contribution in [0.15, 0.2) is 43.1 Å². The number of benzene rings is 1. The number of anilines is 1. The van der Waals surface area contributed by atoms with E-state index in [-0.39, 0.29) is 49.3 Å². The van der Waals surface area contributed by atoms with Crippen molar-refractivity contribution in [3.8, 4) is 11.4 Å². The van der Waals surface area contributed by atoms with Gasteiger partial charge in [0.25, 0.3) is 5.91 Å². The number of hydrogen-bond acceptors (Lipinski definition) is 6. The number of rotatable bonds is 4. The fourth-order valence-corrected chi connectivity index (χ4v) is 5.41. The van der Waals surface area contributed by atoms with Crippen molar-refractivity contribution in [2.45, 2.75) is 37.7 Å². The number of nitrogens with zero attached hydrogens (tertiary/aromatic N) is 5. The molecular formula is C27H24F6N6O3. The Labute approximate surface area is 234 Å². The van der Waals surface area contributed by atoms with Crippen LogP contribution >= 0.6 is 0 Å². The van der Waals surface area contributed by atoms with E-state index in [4.69, 9.17) is 5.73 Å². The molecule has 1 aromatic carbocycles. The number of alkyl halides is 6. The van der Waals surface area contributed by atoms with Gasteiger partial charge < -0.3 is 20.6 Å². The quantitative estimate of drug-likeness (QED) is 0.349. The first-order valence-corrected chi connectivity index (χ1v) is 12.7. The minimum atomic E-state index is -4.76. The molecule has 0 saturated carbocycles. The van der Waals surface area contributed by atoms with Crippen molar-refractivity contribution in [1.82, 2.24) is 24.6 Å². The molecule has 42 heavy (non-hydrogen) atoms. The van der Waals surface area contributed by atoms with Crippen molar-refractivity contribution < 1.29 is 41.0 Å². The van der Waals surface area contributed by atoms with E-state index >= 15 is 0 Å². The number of amides is 2. The minimum absolute atomic E-state index is 0.00670. The van der Waals surface area contributed by atoms with Gasteiger partial charge in [-0.2, -0.15) is 31.4 Å². The fraction of sp³-hybridized carbons (Fsp3) is 0.333. The first-order chi connectivity index (χ1) is 19.7. The molecule has 4 heterocycles.